The van der Waals surface area contributed by atoms with E-state index in [4.69, 9.17) is 4.74 Å². The summed E-state index contributed by atoms with van der Waals surface area (Å²) in [5, 5.41) is 3.46. The molecule has 0 radical (unpaired) electrons. The normalized spacial score (nSPS) is 24.3. The van der Waals surface area contributed by atoms with Crippen molar-refractivity contribution in [3.05, 3.63) is 30.1 Å². The van der Waals surface area contributed by atoms with Crippen LogP contribution in [0.1, 0.15) is 44.1 Å². The molecule has 2 heterocycles. The number of hydrogen-bond acceptors (Lipinski definition) is 3. The van der Waals surface area contributed by atoms with Crippen molar-refractivity contribution >= 4 is 6.08 Å². The fourth-order valence-electron chi connectivity index (χ4n) is 2.89. The molecule has 1 saturated heterocycles. The first kappa shape index (κ1) is 12.7. The predicted molar refractivity (Wildman–Crippen MR) is 77.2 cm³/mol. The van der Waals surface area contributed by atoms with Crippen molar-refractivity contribution in [1.82, 2.24) is 10.3 Å². The van der Waals surface area contributed by atoms with Gasteiger partial charge in [-0.25, -0.2) is 0 Å². The van der Waals surface area contributed by atoms with E-state index in [1.807, 2.05) is 12.4 Å². The molecular formula is C16H22N2O. The van der Waals surface area contributed by atoms with Gasteiger partial charge in [0.05, 0.1) is 12.3 Å². The van der Waals surface area contributed by atoms with Crippen LogP contribution in [0.3, 0.4) is 0 Å². The molecule has 2 fully saturated rings. The molecule has 2 aliphatic rings. The van der Waals surface area contributed by atoms with Gasteiger partial charge in [0.15, 0.2) is 0 Å². The summed E-state index contributed by atoms with van der Waals surface area (Å²) in [5.41, 5.74) is 1.13. The van der Waals surface area contributed by atoms with E-state index < -0.39 is 0 Å². The van der Waals surface area contributed by atoms with Crippen LogP contribution in [0.4, 0.5) is 0 Å². The van der Waals surface area contributed by atoms with Gasteiger partial charge in [-0.05, 0) is 56.7 Å². The van der Waals surface area contributed by atoms with Crippen molar-refractivity contribution < 1.29 is 4.74 Å². The molecule has 0 spiro atoms. The predicted octanol–water partition coefficient (Wildman–Crippen LogP) is 3.17. The molecule has 3 nitrogen and oxygen atoms in total. The van der Waals surface area contributed by atoms with Crippen LogP contribution in [0.5, 0.6) is 5.75 Å². The highest BCUT2D eigenvalue weighted by Crippen LogP contribution is 2.24. The van der Waals surface area contributed by atoms with Gasteiger partial charge in [-0.15, -0.1) is 0 Å². The fraction of sp³-hybridized carbons (Fsp3) is 0.562. The third-order valence-electron chi connectivity index (χ3n) is 3.96. The van der Waals surface area contributed by atoms with E-state index in [1.54, 1.807) is 0 Å². The molecule has 102 valence electrons. The summed E-state index contributed by atoms with van der Waals surface area (Å²) in [7, 11) is 0. The highest BCUT2D eigenvalue weighted by Gasteiger charge is 2.16. The second kappa shape index (κ2) is 6.20. The van der Waals surface area contributed by atoms with Crippen LogP contribution >= 0.6 is 0 Å². The summed E-state index contributed by atoms with van der Waals surface area (Å²) in [5.74, 6) is 0.911. The summed E-state index contributed by atoms with van der Waals surface area (Å²) >= 11 is 0. The van der Waals surface area contributed by atoms with E-state index >= 15 is 0 Å². The maximum absolute atomic E-state index is 5.98. The second-order valence-electron chi connectivity index (χ2n) is 5.54. The Labute approximate surface area is 115 Å². The summed E-state index contributed by atoms with van der Waals surface area (Å²) in [4.78, 5) is 4.28. The van der Waals surface area contributed by atoms with E-state index in [0.717, 1.165) is 17.9 Å². The number of hydrogen-bond donors (Lipinski definition) is 1. The first-order chi connectivity index (χ1) is 9.40. The van der Waals surface area contributed by atoms with Crippen LogP contribution in [-0.4, -0.2) is 23.7 Å². The highest BCUT2D eigenvalue weighted by atomic mass is 16.5. The lowest BCUT2D eigenvalue weighted by Gasteiger charge is -2.12. The first-order valence-corrected chi connectivity index (χ1v) is 7.43. The van der Waals surface area contributed by atoms with Crippen molar-refractivity contribution in [2.75, 3.05) is 6.54 Å². The maximum atomic E-state index is 5.98. The lowest BCUT2D eigenvalue weighted by Crippen LogP contribution is -2.17. The fourth-order valence-corrected chi connectivity index (χ4v) is 2.89. The Hall–Kier alpha value is -1.35. The zero-order chi connectivity index (χ0) is 12.9. The Kier molecular flexibility index (Phi) is 4.13. The minimum atomic E-state index is 0.400. The SMILES string of the molecule is C(=C[C@H]1CCCN1)c1cncc(OC2CCCC2)c1. The Morgan fingerprint density at radius 2 is 2.05 bits per heavy atom. The quantitative estimate of drug-likeness (QED) is 0.900. The van der Waals surface area contributed by atoms with Gasteiger partial charge in [-0.2, -0.15) is 0 Å². The molecule has 1 aromatic rings. The number of rotatable bonds is 4. The third-order valence-corrected chi connectivity index (χ3v) is 3.96. The lowest BCUT2D eigenvalue weighted by molar-refractivity contribution is 0.209. The third kappa shape index (κ3) is 3.57. The van der Waals surface area contributed by atoms with Crippen molar-refractivity contribution in [3.8, 4) is 5.75 Å². The molecule has 3 heteroatoms. The van der Waals surface area contributed by atoms with E-state index in [1.165, 1.54) is 38.5 Å². The molecular weight excluding hydrogens is 236 g/mol. The maximum Gasteiger partial charge on any atom is 0.138 e. The Morgan fingerprint density at radius 1 is 1.16 bits per heavy atom. The van der Waals surface area contributed by atoms with Crippen LogP contribution in [-0.2, 0) is 0 Å². The van der Waals surface area contributed by atoms with Gasteiger partial charge >= 0.3 is 0 Å². The molecule has 0 bridgehead atoms. The second-order valence-corrected chi connectivity index (χ2v) is 5.54. The number of ether oxygens (including phenoxy) is 1. The number of aromatic nitrogens is 1. The van der Waals surface area contributed by atoms with Crippen molar-refractivity contribution in [2.45, 2.75) is 50.7 Å². The van der Waals surface area contributed by atoms with Crippen LogP contribution in [0.15, 0.2) is 24.5 Å². The van der Waals surface area contributed by atoms with Gasteiger partial charge in [-0.1, -0.05) is 12.2 Å². The monoisotopic (exact) mass is 258 g/mol. The molecule has 3 rings (SSSR count). The van der Waals surface area contributed by atoms with Gasteiger partial charge in [0.1, 0.15) is 5.75 Å². The molecule has 1 atom stereocenters. The van der Waals surface area contributed by atoms with E-state index in [2.05, 4.69) is 28.5 Å². The van der Waals surface area contributed by atoms with Gasteiger partial charge < -0.3 is 10.1 Å². The van der Waals surface area contributed by atoms with Crippen molar-refractivity contribution in [1.29, 1.82) is 0 Å². The van der Waals surface area contributed by atoms with Crippen LogP contribution < -0.4 is 10.1 Å². The Bertz CT molecular complexity index is 432. The highest BCUT2D eigenvalue weighted by molar-refractivity contribution is 5.50. The largest absolute Gasteiger partial charge is 0.489 e. The first-order valence-electron chi connectivity index (χ1n) is 7.43. The van der Waals surface area contributed by atoms with E-state index in [9.17, 15) is 0 Å². The van der Waals surface area contributed by atoms with Gasteiger partial charge in [-0.3, -0.25) is 4.98 Å². The number of nitrogens with one attached hydrogen (secondary N) is 1. The zero-order valence-electron chi connectivity index (χ0n) is 11.3. The van der Waals surface area contributed by atoms with E-state index in [-0.39, 0.29) is 0 Å². The lowest BCUT2D eigenvalue weighted by atomic mass is 10.2. The number of nitrogens with zero attached hydrogens (tertiary/aromatic N) is 1. The molecule has 19 heavy (non-hydrogen) atoms. The average Bonchev–Trinajstić information content (AvgIpc) is 3.10. The smallest absolute Gasteiger partial charge is 0.138 e. The van der Waals surface area contributed by atoms with Crippen LogP contribution in [0, 0.1) is 0 Å². The standard InChI is InChI=1S/C16H22N2O/c1-2-6-15(5-1)19-16-10-13(11-17-12-16)7-8-14-4-3-9-18-14/h7-8,10-12,14-15,18H,1-6,9H2/t14-/m1/s1. The molecule has 1 aliphatic heterocycles. The summed E-state index contributed by atoms with van der Waals surface area (Å²) < 4.78 is 5.98. The molecule has 0 unspecified atom stereocenters. The molecule has 0 amide bonds. The average molecular weight is 258 g/mol. The molecule has 1 saturated carbocycles. The summed E-state index contributed by atoms with van der Waals surface area (Å²) in [6.07, 6.45) is 16.0. The Balaban J connectivity index is 1.61. The van der Waals surface area contributed by atoms with Crippen LogP contribution in [0.2, 0.25) is 0 Å². The Morgan fingerprint density at radius 3 is 2.84 bits per heavy atom. The summed E-state index contributed by atoms with van der Waals surface area (Å²) in [6.45, 7) is 1.14. The van der Waals surface area contributed by atoms with Gasteiger partial charge in [0, 0.05) is 12.2 Å². The molecule has 0 aromatic carbocycles. The topological polar surface area (TPSA) is 34.2 Å². The zero-order valence-corrected chi connectivity index (χ0v) is 11.3. The minimum absolute atomic E-state index is 0.400. The minimum Gasteiger partial charge on any atom is -0.489 e. The number of pyridine rings is 1. The summed E-state index contributed by atoms with van der Waals surface area (Å²) in [6, 6.07) is 2.62. The van der Waals surface area contributed by atoms with Crippen molar-refractivity contribution in [2.24, 2.45) is 0 Å². The molecule has 1 aromatic heterocycles. The van der Waals surface area contributed by atoms with Crippen LogP contribution in [0.25, 0.3) is 6.08 Å². The molecule has 1 aliphatic carbocycles. The van der Waals surface area contributed by atoms with E-state index in [0.29, 0.717) is 12.1 Å². The van der Waals surface area contributed by atoms with Gasteiger partial charge in [0.25, 0.3) is 0 Å². The van der Waals surface area contributed by atoms with Crippen molar-refractivity contribution in [3.63, 3.8) is 0 Å². The van der Waals surface area contributed by atoms with Gasteiger partial charge in [0.2, 0.25) is 0 Å². The molecule has 1 N–H and O–H groups in total.